The fourth-order valence-corrected chi connectivity index (χ4v) is 2.10. The van der Waals surface area contributed by atoms with E-state index in [1.807, 2.05) is 0 Å². The molecule has 0 atom stereocenters. The monoisotopic (exact) mass is 310 g/mol. The summed E-state index contributed by atoms with van der Waals surface area (Å²) in [5.74, 6) is -0.278. The van der Waals surface area contributed by atoms with E-state index in [2.05, 4.69) is 15.3 Å². The maximum atomic E-state index is 13.5. The standard InChI is InChI=1S/C13H12ClFN4O2/c1-8-11(19(20)21)12(18-13(14)17-8)16-7-6-9-4-2-3-5-10(9)15/h2-5H,6-7H2,1H3,(H,16,17,18). The van der Waals surface area contributed by atoms with Crippen LogP contribution in [0.25, 0.3) is 0 Å². The Hall–Kier alpha value is -2.28. The lowest BCUT2D eigenvalue weighted by atomic mass is 10.1. The molecule has 8 heteroatoms. The molecule has 0 spiro atoms. The Labute approximate surface area is 125 Å². The third-order valence-corrected chi connectivity index (χ3v) is 3.03. The van der Waals surface area contributed by atoms with Crippen molar-refractivity contribution in [3.8, 4) is 0 Å². The maximum Gasteiger partial charge on any atom is 0.332 e. The van der Waals surface area contributed by atoms with Crippen molar-refractivity contribution in [1.82, 2.24) is 9.97 Å². The lowest BCUT2D eigenvalue weighted by Crippen LogP contribution is -2.11. The van der Waals surface area contributed by atoms with Gasteiger partial charge < -0.3 is 5.32 Å². The van der Waals surface area contributed by atoms with Gasteiger partial charge in [0.1, 0.15) is 11.5 Å². The minimum atomic E-state index is -0.572. The van der Waals surface area contributed by atoms with E-state index in [0.717, 1.165) is 0 Å². The van der Waals surface area contributed by atoms with E-state index in [4.69, 9.17) is 11.6 Å². The van der Waals surface area contributed by atoms with Crippen LogP contribution in [-0.2, 0) is 6.42 Å². The number of benzene rings is 1. The molecule has 0 unspecified atom stereocenters. The number of nitrogens with zero attached hydrogens (tertiary/aromatic N) is 3. The molecule has 2 aromatic rings. The van der Waals surface area contributed by atoms with E-state index in [1.54, 1.807) is 18.2 Å². The Morgan fingerprint density at radius 2 is 2.10 bits per heavy atom. The molecular weight excluding hydrogens is 299 g/mol. The molecular formula is C13H12ClFN4O2. The fourth-order valence-electron chi connectivity index (χ4n) is 1.89. The average molecular weight is 311 g/mol. The first kappa shape index (κ1) is 15.1. The first-order valence-electron chi connectivity index (χ1n) is 6.15. The van der Waals surface area contributed by atoms with Gasteiger partial charge in [-0.05, 0) is 36.6 Å². The van der Waals surface area contributed by atoms with E-state index < -0.39 is 4.92 Å². The molecule has 2 rings (SSSR count). The largest absolute Gasteiger partial charge is 0.364 e. The first-order chi connectivity index (χ1) is 9.99. The lowest BCUT2D eigenvalue weighted by Gasteiger charge is -2.08. The van der Waals surface area contributed by atoms with E-state index >= 15 is 0 Å². The maximum absolute atomic E-state index is 13.5. The van der Waals surface area contributed by atoms with Crippen LogP contribution in [-0.4, -0.2) is 21.4 Å². The Morgan fingerprint density at radius 3 is 2.76 bits per heavy atom. The lowest BCUT2D eigenvalue weighted by molar-refractivity contribution is -0.385. The molecule has 0 radical (unpaired) electrons. The smallest absolute Gasteiger partial charge is 0.332 e. The number of aryl methyl sites for hydroxylation is 1. The van der Waals surface area contributed by atoms with E-state index in [9.17, 15) is 14.5 Å². The van der Waals surface area contributed by atoms with Crippen LogP contribution in [0.5, 0.6) is 0 Å². The predicted octanol–water partition coefficient (Wildman–Crippen LogP) is 3.14. The van der Waals surface area contributed by atoms with Crippen LogP contribution in [0.15, 0.2) is 24.3 Å². The second-order valence-electron chi connectivity index (χ2n) is 4.30. The summed E-state index contributed by atoms with van der Waals surface area (Å²) in [6, 6.07) is 6.35. The summed E-state index contributed by atoms with van der Waals surface area (Å²) >= 11 is 5.70. The highest BCUT2D eigenvalue weighted by Gasteiger charge is 2.21. The van der Waals surface area contributed by atoms with Crippen molar-refractivity contribution in [1.29, 1.82) is 0 Å². The van der Waals surface area contributed by atoms with Gasteiger partial charge in [-0.25, -0.2) is 9.37 Å². The molecule has 0 saturated carbocycles. The Bertz CT molecular complexity index is 681. The number of hydrogen-bond donors (Lipinski definition) is 1. The molecule has 0 bridgehead atoms. The SMILES string of the molecule is Cc1nc(Cl)nc(NCCc2ccccc2F)c1[N+](=O)[O-]. The van der Waals surface area contributed by atoms with Crippen molar-refractivity contribution < 1.29 is 9.31 Å². The second kappa shape index (κ2) is 6.45. The van der Waals surface area contributed by atoms with Crippen LogP contribution in [0.4, 0.5) is 15.9 Å². The van der Waals surface area contributed by atoms with Crippen molar-refractivity contribution in [3.63, 3.8) is 0 Å². The molecule has 21 heavy (non-hydrogen) atoms. The molecule has 1 aromatic heterocycles. The van der Waals surface area contributed by atoms with Crippen LogP contribution in [0.2, 0.25) is 5.28 Å². The summed E-state index contributed by atoms with van der Waals surface area (Å²) in [4.78, 5) is 18.0. The molecule has 0 amide bonds. The van der Waals surface area contributed by atoms with E-state index in [-0.39, 0.29) is 34.8 Å². The number of aromatic nitrogens is 2. The molecule has 0 aliphatic heterocycles. The molecule has 1 heterocycles. The summed E-state index contributed by atoms with van der Waals surface area (Å²) in [7, 11) is 0. The van der Waals surface area contributed by atoms with Crippen LogP contribution in [0.1, 0.15) is 11.3 Å². The molecule has 1 N–H and O–H groups in total. The zero-order valence-electron chi connectivity index (χ0n) is 11.1. The second-order valence-corrected chi connectivity index (χ2v) is 4.64. The van der Waals surface area contributed by atoms with Gasteiger partial charge in [0.2, 0.25) is 11.1 Å². The van der Waals surface area contributed by atoms with Gasteiger partial charge in [-0.3, -0.25) is 10.1 Å². The Morgan fingerprint density at radius 1 is 1.38 bits per heavy atom. The van der Waals surface area contributed by atoms with Gasteiger partial charge in [-0.1, -0.05) is 18.2 Å². The third kappa shape index (κ3) is 3.63. The zero-order chi connectivity index (χ0) is 15.4. The summed E-state index contributed by atoms with van der Waals surface area (Å²) in [6.07, 6.45) is 0.366. The number of hydrogen-bond acceptors (Lipinski definition) is 5. The highest BCUT2D eigenvalue weighted by molar-refractivity contribution is 6.28. The average Bonchev–Trinajstić information content (AvgIpc) is 2.39. The zero-order valence-corrected chi connectivity index (χ0v) is 11.9. The van der Waals surface area contributed by atoms with Crippen LogP contribution < -0.4 is 5.32 Å². The van der Waals surface area contributed by atoms with E-state index in [0.29, 0.717) is 12.0 Å². The number of rotatable bonds is 5. The Kier molecular flexibility index (Phi) is 4.64. The molecule has 1 aromatic carbocycles. The molecule has 110 valence electrons. The van der Waals surface area contributed by atoms with Crippen molar-refractivity contribution in [2.75, 3.05) is 11.9 Å². The summed E-state index contributed by atoms with van der Waals surface area (Å²) in [5.41, 5.74) is 0.464. The topological polar surface area (TPSA) is 81.0 Å². The molecule has 0 aliphatic rings. The quantitative estimate of drug-likeness (QED) is 0.521. The van der Waals surface area contributed by atoms with Crippen LogP contribution in [0.3, 0.4) is 0 Å². The van der Waals surface area contributed by atoms with Crippen LogP contribution >= 0.6 is 11.6 Å². The summed E-state index contributed by atoms with van der Waals surface area (Å²) in [6.45, 7) is 1.77. The van der Waals surface area contributed by atoms with Gasteiger partial charge >= 0.3 is 5.69 Å². The number of anilines is 1. The number of nitro groups is 1. The highest BCUT2D eigenvalue weighted by Crippen LogP contribution is 2.26. The molecule has 0 fully saturated rings. The summed E-state index contributed by atoms with van der Waals surface area (Å²) in [5, 5.41) is 13.8. The van der Waals surface area contributed by atoms with Crippen molar-refractivity contribution in [2.24, 2.45) is 0 Å². The summed E-state index contributed by atoms with van der Waals surface area (Å²) < 4.78 is 13.5. The minimum absolute atomic E-state index is 0.0360. The molecule has 6 nitrogen and oxygen atoms in total. The van der Waals surface area contributed by atoms with Crippen molar-refractivity contribution in [3.05, 3.63) is 56.7 Å². The van der Waals surface area contributed by atoms with E-state index in [1.165, 1.54) is 13.0 Å². The van der Waals surface area contributed by atoms with Crippen molar-refractivity contribution in [2.45, 2.75) is 13.3 Å². The van der Waals surface area contributed by atoms with Gasteiger partial charge in [0, 0.05) is 6.54 Å². The fraction of sp³-hybridized carbons (Fsp3) is 0.231. The van der Waals surface area contributed by atoms with Crippen molar-refractivity contribution >= 4 is 23.1 Å². The predicted molar refractivity (Wildman–Crippen MR) is 77.0 cm³/mol. The highest BCUT2D eigenvalue weighted by atomic mass is 35.5. The molecule has 0 saturated heterocycles. The Balaban J connectivity index is 2.13. The third-order valence-electron chi connectivity index (χ3n) is 2.86. The number of halogens is 2. The van der Waals surface area contributed by atoms with Gasteiger partial charge in [0.25, 0.3) is 0 Å². The molecule has 0 aliphatic carbocycles. The number of nitrogens with one attached hydrogen (secondary N) is 1. The van der Waals surface area contributed by atoms with Gasteiger partial charge in [0.15, 0.2) is 0 Å². The first-order valence-corrected chi connectivity index (χ1v) is 6.52. The van der Waals surface area contributed by atoms with Gasteiger partial charge in [-0.15, -0.1) is 0 Å². The van der Waals surface area contributed by atoms with Crippen LogP contribution in [0, 0.1) is 22.9 Å². The van der Waals surface area contributed by atoms with Gasteiger partial charge in [0.05, 0.1) is 4.92 Å². The normalized spacial score (nSPS) is 10.4. The minimum Gasteiger partial charge on any atom is -0.364 e. The van der Waals surface area contributed by atoms with Gasteiger partial charge in [-0.2, -0.15) is 4.98 Å².